The van der Waals surface area contributed by atoms with Crippen LogP contribution in [0, 0.1) is 5.41 Å². The van der Waals surface area contributed by atoms with Crippen LogP contribution in [0.15, 0.2) is 30.3 Å². The maximum atomic E-state index is 12.5. The molecule has 1 aliphatic rings. The van der Waals surface area contributed by atoms with Crippen molar-refractivity contribution in [2.24, 2.45) is 11.1 Å². The molecule has 1 aromatic carbocycles. The van der Waals surface area contributed by atoms with Crippen molar-refractivity contribution in [2.75, 3.05) is 13.1 Å². The largest absolute Gasteiger partial charge is 0.352 e. The van der Waals surface area contributed by atoms with Gasteiger partial charge in [0.2, 0.25) is 11.8 Å². The van der Waals surface area contributed by atoms with Gasteiger partial charge in [-0.05, 0) is 23.8 Å². The number of hydrogen-bond donors (Lipinski definition) is 2. The van der Waals surface area contributed by atoms with E-state index in [1.54, 1.807) is 4.90 Å². The van der Waals surface area contributed by atoms with Gasteiger partial charge in [0.1, 0.15) is 6.04 Å². The third-order valence-corrected chi connectivity index (χ3v) is 4.28. The lowest BCUT2D eigenvalue weighted by Crippen LogP contribution is -2.47. The third-order valence-electron chi connectivity index (χ3n) is 4.28. The second kappa shape index (κ2) is 9.20. The molecule has 2 atom stereocenters. The van der Waals surface area contributed by atoms with Gasteiger partial charge in [0.15, 0.2) is 0 Å². The molecule has 0 bridgehead atoms. The lowest BCUT2D eigenvalue weighted by molar-refractivity contribution is -0.139. The fraction of sp³-hybridized carbons (Fsp3) is 0.579. The molecule has 1 aromatic rings. The molecule has 1 heterocycles. The number of halogens is 1. The molecule has 2 unspecified atom stereocenters. The van der Waals surface area contributed by atoms with Gasteiger partial charge >= 0.3 is 0 Å². The highest BCUT2D eigenvalue weighted by Gasteiger charge is 2.35. The number of hydrogen-bond acceptors (Lipinski definition) is 3. The van der Waals surface area contributed by atoms with Crippen LogP contribution in [0.1, 0.15) is 51.6 Å². The average Bonchev–Trinajstić information content (AvgIpc) is 3.01. The Morgan fingerprint density at radius 3 is 2.52 bits per heavy atom. The minimum atomic E-state index is -0.358. The van der Waals surface area contributed by atoms with E-state index < -0.39 is 0 Å². The lowest BCUT2D eigenvalue weighted by Gasteiger charge is -2.28. The van der Waals surface area contributed by atoms with E-state index >= 15 is 0 Å². The Labute approximate surface area is 156 Å². The molecule has 1 fully saturated rings. The predicted octanol–water partition coefficient (Wildman–Crippen LogP) is 2.65. The first-order chi connectivity index (χ1) is 11.3. The van der Waals surface area contributed by atoms with E-state index in [0.29, 0.717) is 19.5 Å². The van der Waals surface area contributed by atoms with E-state index in [0.717, 1.165) is 18.4 Å². The van der Waals surface area contributed by atoms with Gasteiger partial charge in [0.05, 0.1) is 0 Å². The number of rotatable bonds is 5. The summed E-state index contributed by atoms with van der Waals surface area (Å²) in [6.07, 6.45) is 2.06. The molecular weight excluding hydrogens is 338 g/mol. The Hall–Kier alpha value is -1.59. The smallest absolute Gasteiger partial charge is 0.242 e. The molecule has 0 aliphatic carbocycles. The molecule has 0 spiro atoms. The number of nitrogens with zero attached hydrogens (tertiary/aromatic N) is 1. The van der Waals surface area contributed by atoms with Crippen molar-refractivity contribution in [3.63, 3.8) is 0 Å². The van der Waals surface area contributed by atoms with Crippen molar-refractivity contribution in [3.8, 4) is 0 Å². The van der Waals surface area contributed by atoms with E-state index in [4.69, 9.17) is 5.73 Å². The summed E-state index contributed by atoms with van der Waals surface area (Å²) in [6, 6.07) is 9.10. The van der Waals surface area contributed by atoms with Crippen LogP contribution in [-0.4, -0.2) is 35.8 Å². The number of benzene rings is 1. The van der Waals surface area contributed by atoms with E-state index in [1.807, 2.05) is 51.1 Å². The van der Waals surface area contributed by atoms with Gasteiger partial charge in [-0.25, -0.2) is 0 Å². The van der Waals surface area contributed by atoms with Crippen LogP contribution in [-0.2, 0) is 9.59 Å². The monoisotopic (exact) mass is 367 g/mol. The molecule has 2 amide bonds. The Morgan fingerprint density at radius 1 is 1.28 bits per heavy atom. The second-order valence-corrected chi connectivity index (χ2v) is 7.74. The maximum absolute atomic E-state index is 12.5. The Morgan fingerprint density at radius 2 is 1.92 bits per heavy atom. The van der Waals surface area contributed by atoms with Crippen LogP contribution in [0.25, 0.3) is 0 Å². The number of amides is 2. The van der Waals surface area contributed by atoms with Crippen molar-refractivity contribution in [1.82, 2.24) is 10.2 Å². The SMILES string of the molecule is CC(C)(C)CC(=O)N1CCCC1C(=O)NCC(N)c1ccccc1.Cl. The van der Waals surface area contributed by atoms with Crippen molar-refractivity contribution < 1.29 is 9.59 Å². The molecule has 1 aliphatic heterocycles. The van der Waals surface area contributed by atoms with Crippen molar-refractivity contribution in [2.45, 2.75) is 52.1 Å². The van der Waals surface area contributed by atoms with Gasteiger partial charge in [-0.15, -0.1) is 12.4 Å². The van der Waals surface area contributed by atoms with Crippen LogP contribution in [0.4, 0.5) is 0 Å². The van der Waals surface area contributed by atoms with Crippen LogP contribution < -0.4 is 11.1 Å². The molecule has 6 heteroatoms. The summed E-state index contributed by atoms with van der Waals surface area (Å²) < 4.78 is 0. The van der Waals surface area contributed by atoms with Gasteiger partial charge in [-0.2, -0.15) is 0 Å². The quantitative estimate of drug-likeness (QED) is 0.840. The second-order valence-electron chi connectivity index (χ2n) is 7.74. The van der Waals surface area contributed by atoms with E-state index in [2.05, 4.69) is 5.32 Å². The van der Waals surface area contributed by atoms with Gasteiger partial charge < -0.3 is 16.0 Å². The summed E-state index contributed by atoms with van der Waals surface area (Å²) in [7, 11) is 0. The first kappa shape index (κ1) is 21.5. The minimum absolute atomic E-state index is 0. The van der Waals surface area contributed by atoms with Crippen molar-refractivity contribution in [3.05, 3.63) is 35.9 Å². The summed E-state index contributed by atoms with van der Waals surface area (Å²) in [5, 5.41) is 2.91. The van der Waals surface area contributed by atoms with Gasteiger partial charge in [0.25, 0.3) is 0 Å². The summed E-state index contributed by atoms with van der Waals surface area (Å²) in [4.78, 5) is 26.7. The maximum Gasteiger partial charge on any atom is 0.242 e. The topological polar surface area (TPSA) is 75.4 Å². The standard InChI is InChI=1S/C19H29N3O2.ClH/c1-19(2,3)12-17(23)22-11-7-10-16(22)18(24)21-13-15(20)14-8-5-4-6-9-14;/h4-6,8-9,15-16H,7,10-13,20H2,1-3H3,(H,21,24);1H. The van der Waals surface area contributed by atoms with Gasteiger partial charge in [-0.3, -0.25) is 9.59 Å². The van der Waals surface area contributed by atoms with Gasteiger partial charge in [-0.1, -0.05) is 51.1 Å². The average molecular weight is 368 g/mol. The fourth-order valence-electron chi connectivity index (χ4n) is 3.04. The molecule has 0 saturated carbocycles. The Bertz CT molecular complexity index is 572. The van der Waals surface area contributed by atoms with Gasteiger partial charge in [0, 0.05) is 25.6 Å². The number of likely N-dealkylation sites (tertiary alicyclic amines) is 1. The molecule has 25 heavy (non-hydrogen) atoms. The first-order valence-corrected chi connectivity index (χ1v) is 8.65. The van der Waals surface area contributed by atoms with Crippen molar-refractivity contribution >= 4 is 24.2 Å². The highest BCUT2D eigenvalue weighted by Crippen LogP contribution is 2.25. The highest BCUT2D eigenvalue weighted by atomic mass is 35.5. The molecule has 1 saturated heterocycles. The zero-order chi connectivity index (χ0) is 17.7. The van der Waals surface area contributed by atoms with Crippen LogP contribution in [0.5, 0.6) is 0 Å². The van der Waals surface area contributed by atoms with Crippen LogP contribution in [0.3, 0.4) is 0 Å². The zero-order valence-electron chi connectivity index (χ0n) is 15.3. The number of nitrogens with two attached hydrogens (primary N) is 1. The number of nitrogens with one attached hydrogen (secondary N) is 1. The molecule has 3 N–H and O–H groups in total. The van der Waals surface area contributed by atoms with E-state index in [9.17, 15) is 9.59 Å². The molecule has 2 rings (SSSR count). The summed E-state index contributed by atoms with van der Waals surface area (Å²) in [5.74, 6) is -0.0337. The predicted molar refractivity (Wildman–Crippen MR) is 102 cm³/mol. The summed E-state index contributed by atoms with van der Waals surface area (Å²) in [5.41, 5.74) is 7.04. The Balaban J connectivity index is 0.00000312. The highest BCUT2D eigenvalue weighted by molar-refractivity contribution is 5.88. The molecule has 5 nitrogen and oxygen atoms in total. The summed E-state index contributed by atoms with van der Waals surface area (Å²) in [6.45, 7) is 7.15. The third kappa shape index (κ3) is 6.33. The van der Waals surface area contributed by atoms with E-state index in [1.165, 1.54) is 0 Å². The fourth-order valence-corrected chi connectivity index (χ4v) is 3.04. The summed E-state index contributed by atoms with van der Waals surface area (Å²) >= 11 is 0. The number of carbonyl (C=O) groups is 2. The zero-order valence-corrected chi connectivity index (χ0v) is 16.1. The number of carbonyl (C=O) groups excluding carboxylic acids is 2. The van der Waals surface area contributed by atoms with Crippen LogP contribution >= 0.6 is 12.4 Å². The van der Waals surface area contributed by atoms with Crippen molar-refractivity contribution in [1.29, 1.82) is 0 Å². The molecular formula is C19H30ClN3O2. The molecule has 140 valence electrons. The molecule has 0 radical (unpaired) electrons. The normalized spacial score (nSPS) is 18.4. The molecule has 0 aromatic heterocycles. The van der Waals surface area contributed by atoms with Crippen LogP contribution in [0.2, 0.25) is 0 Å². The minimum Gasteiger partial charge on any atom is -0.352 e. The van der Waals surface area contributed by atoms with E-state index in [-0.39, 0.29) is 41.7 Å². The first-order valence-electron chi connectivity index (χ1n) is 8.65. The lowest BCUT2D eigenvalue weighted by atomic mass is 9.91. The Kier molecular flexibility index (Phi) is 7.90.